The molecule has 112 valence electrons. The first-order valence-corrected chi connectivity index (χ1v) is 7.12. The summed E-state index contributed by atoms with van der Waals surface area (Å²) < 4.78 is 15.8. The van der Waals surface area contributed by atoms with Gasteiger partial charge in [0.05, 0.1) is 5.56 Å². The van der Waals surface area contributed by atoms with Crippen molar-refractivity contribution >= 4 is 5.91 Å². The summed E-state index contributed by atoms with van der Waals surface area (Å²) in [6.45, 7) is 8.75. The topological polar surface area (TPSA) is 34.0 Å². The number of carbonyl (C=O) groups excluding carboxylic acids is 1. The Morgan fingerprint density at radius 2 is 1.95 bits per heavy atom. The van der Waals surface area contributed by atoms with E-state index in [4.69, 9.17) is 0 Å². The number of hydrogen-bond donors (Lipinski definition) is 1. The Bertz CT molecular complexity index is 659. The average Bonchev–Trinajstić information content (AvgIpc) is 2.71. The van der Waals surface area contributed by atoms with E-state index >= 15 is 0 Å². The highest BCUT2D eigenvalue weighted by molar-refractivity contribution is 5.94. The zero-order chi connectivity index (χ0) is 15.6. The van der Waals surface area contributed by atoms with Gasteiger partial charge in [0.2, 0.25) is 0 Å². The Hall–Kier alpha value is -2.10. The molecule has 0 radical (unpaired) electrons. The van der Waals surface area contributed by atoms with Gasteiger partial charge in [-0.2, -0.15) is 0 Å². The van der Waals surface area contributed by atoms with E-state index in [1.165, 1.54) is 12.1 Å². The highest BCUT2D eigenvalue weighted by atomic mass is 19.1. The summed E-state index contributed by atoms with van der Waals surface area (Å²) in [6.07, 6.45) is 0. The van der Waals surface area contributed by atoms with E-state index in [2.05, 4.69) is 36.7 Å². The van der Waals surface area contributed by atoms with Gasteiger partial charge >= 0.3 is 0 Å². The van der Waals surface area contributed by atoms with E-state index in [-0.39, 0.29) is 11.5 Å². The molecule has 0 aliphatic carbocycles. The summed E-state index contributed by atoms with van der Waals surface area (Å²) in [5.41, 5.74) is 3.44. The number of aromatic nitrogens is 1. The number of benzene rings is 1. The molecule has 1 aromatic heterocycles. The fraction of sp³-hybridized carbons (Fsp3) is 0.353. The Kier molecular flexibility index (Phi) is 4.46. The molecule has 1 N–H and O–H groups in total. The van der Waals surface area contributed by atoms with E-state index in [1.807, 2.05) is 6.92 Å². The summed E-state index contributed by atoms with van der Waals surface area (Å²) >= 11 is 0. The molecule has 0 saturated carbocycles. The van der Waals surface area contributed by atoms with Crippen molar-refractivity contribution in [2.75, 3.05) is 0 Å². The van der Waals surface area contributed by atoms with E-state index in [0.29, 0.717) is 12.6 Å². The Morgan fingerprint density at radius 3 is 2.52 bits per heavy atom. The number of hydrogen-bond acceptors (Lipinski definition) is 1. The molecule has 2 aromatic rings. The smallest absolute Gasteiger partial charge is 0.254 e. The van der Waals surface area contributed by atoms with Crippen LogP contribution in [0.15, 0.2) is 30.3 Å². The van der Waals surface area contributed by atoms with Gasteiger partial charge in [-0.05, 0) is 51.5 Å². The molecule has 0 aliphatic rings. The van der Waals surface area contributed by atoms with E-state index in [0.717, 1.165) is 17.0 Å². The summed E-state index contributed by atoms with van der Waals surface area (Å²) in [6, 6.07) is 8.45. The molecule has 1 heterocycles. The number of amides is 1. The molecule has 1 amide bonds. The van der Waals surface area contributed by atoms with Crippen molar-refractivity contribution in [3.05, 3.63) is 58.7 Å². The third kappa shape index (κ3) is 3.15. The van der Waals surface area contributed by atoms with Crippen LogP contribution in [0, 0.1) is 19.7 Å². The summed E-state index contributed by atoms with van der Waals surface area (Å²) in [7, 11) is 0. The molecular formula is C17H21FN2O. The van der Waals surface area contributed by atoms with Crippen molar-refractivity contribution in [1.29, 1.82) is 0 Å². The predicted octanol–water partition coefficient (Wildman–Crippen LogP) is 3.75. The molecular weight excluding hydrogens is 267 g/mol. The zero-order valence-corrected chi connectivity index (χ0v) is 12.9. The van der Waals surface area contributed by atoms with E-state index in [1.54, 1.807) is 12.1 Å². The summed E-state index contributed by atoms with van der Waals surface area (Å²) in [4.78, 5) is 12.0. The number of nitrogens with zero attached hydrogens (tertiary/aromatic N) is 1. The van der Waals surface area contributed by atoms with Crippen molar-refractivity contribution in [2.45, 2.75) is 40.3 Å². The molecule has 0 aliphatic heterocycles. The van der Waals surface area contributed by atoms with Gasteiger partial charge in [0, 0.05) is 24.0 Å². The summed E-state index contributed by atoms with van der Waals surface area (Å²) in [5, 5.41) is 2.78. The van der Waals surface area contributed by atoms with Crippen LogP contribution in [0.1, 0.15) is 47.2 Å². The number of nitrogens with one attached hydrogen (secondary N) is 1. The third-order valence-corrected chi connectivity index (χ3v) is 3.66. The first-order valence-electron chi connectivity index (χ1n) is 7.12. The highest BCUT2D eigenvalue weighted by Crippen LogP contribution is 2.20. The minimum atomic E-state index is -0.498. The first kappa shape index (κ1) is 15.3. The van der Waals surface area contributed by atoms with Gasteiger partial charge in [-0.3, -0.25) is 4.79 Å². The van der Waals surface area contributed by atoms with Crippen LogP contribution >= 0.6 is 0 Å². The number of halogens is 1. The maximum atomic E-state index is 13.6. The lowest BCUT2D eigenvalue weighted by atomic mass is 10.2. The van der Waals surface area contributed by atoms with Gasteiger partial charge in [0.15, 0.2) is 0 Å². The minimum absolute atomic E-state index is 0.0789. The van der Waals surface area contributed by atoms with Crippen LogP contribution in [0.5, 0.6) is 0 Å². The number of carbonyl (C=O) groups is 1. The van der Waals surface area contributed by atoms with Gasteiger partial charge in [-0.1, -0.05) is 12.1 Å². The van der Waals surface area contributed by atoms with Crippen molar-refractivity contribution in [3.63, 3.8) is 0 Å². The molecule has 0 atom stereocenters. The monoisotopic (exact) mass is 288 g/mol. The Labute approximate surface area is 124 Å². The third-order valence-electron chi connectivity index (χ3n) is 3.66. The quantitative estimate of drug-likeness (QED) is 0.913. The predicted molar refractivity (Wildman–Crippen MR) is 81.9 cm³/mol. The van der Waals surface area contributed by atoms with Crippen LogP contribution in [0.2, 0.25) is 0 Å². The second kappa shape index (κ2) is 6.12. The highest BCUT2D eigenvalue weighted by Gasteiger charge is 2.14. The van der Waals surface area contributed by atoms with E-state index < -0.39 is 5.82 Å². The van der Waals surface area contributed by atoms with Crippen LogP contribution in [0.3, 0.4) is 0 Å². The van der Waals surface area contributed by atoms with Gasteiger partial charge in [0.25, 0.3) is 5.91 Å². The average molecular weight is 288 g/mol. The molecule has 0 unspecified atom stereocenters. The van der Waals surface area contributed by atoms with Crippen LogP contribution in [-0.2, 0) is 6.54 Å². The van der Waals surface area contributed by atoms with Crippen molar-refractivity contribution < 1.29 is 9.18 Å². The second-order valence-electron chi connectivity index (χ2n) is 5.52. The Balaban J connectivity index is 2.12. The van der Waals surface area contributed by atoms with Crippen LogP contribution < -0.4 is 5.32 Å². The fourth-order valence-corrected chi connectivity index (χ4v) is 2.73. The van der Waals surface area contributed by atoms with Crippen molar-refractivity contribution in [3.8, 4) is 0 Å². The van der Waals surface area contributed by atoms with Gasteiger partial charge in [-0.25, -0.2) is 4.39 Å². The number of aryl methyl sites for hydroxylation is 1. The van der Waals surface area contributed by atoms with Gasteiger partial charge < -0.3 is 9.88 Å². The maximum Gasteiger partial charge on any atom is 0.254 e. The van der Waals surface area contributed by atoms with E-state index in [9.17, 15) is 9.18 Å². The molecule has 21 heavy (non-hydrogen) atoms. The fourth-order valence-electron chi connectivity index (χ4n) is 2.73. The minimum Gasteiger partial charge on any atom is -0.348 e. The molecule has 1 aromatic carbocycles. The van der Waals surface area contributed by atoms with Gasteiger partial charge in [0.1, 0.15) is 5.82 Å². The molecule has 0 bridgehead atoms. The normalized spacial score (nSPS) is 11.0. The molecule has 4 heteroatoms. The zero-order valence-electron chi connectivity index (χ0n) is 12.9. The lowest BCUT2D eigenvalue weighted by molar-refractivity contribution is 0.0947. The lowest BCUT2D eigenvalue weighted by Gasteiger charge is -2.14. The first-order chi connectivity index (χ1) is 9.91. The molecule has 0 saturated heterocycles. The van der Waals surface area contributed by atoms with Crippen LogP contribution in [-0.4, -0.2) is 10.5 Å². The van der Waals surface area contributed by atoms with Crippen molar-refractivity contribution in [1.82, 2.24) is 9.88 Å². The summed E-state index contributed by atoms with van der Waals surface area (Å²) in [5.74, 6) is -0.884. The molecule has 2 rings (SSSR count). The van der Waals surface area contributed by atoms with Gasteiger partial charge in [-0.15, -0.1) is 0 Å². The maximum absolute atomic E-state index is 13.6. The standard InChI is InChI=1S/C17H21FN2O/c1-11(2)20-12(3)9-14(13(20)4)10-19-17(21)15-7-5-6-8-16(15)18/h5-9,11H,10H2,1-4H3,(H,19,21). The molecule has 3 nitrogen and oxygen atoms in total. The second-order valence-corrected chi connectivity index (χ2v) is 5.52. The number of rotatable bonds is 4. The van der Waals surface area contributed by atoms with Crippen LogP contribution in [0.25, 0.3) is 0 Å². The SMILES string of the molecule is Cc1cc(CNC(=O)c2ccccc2F)c(C)n1C(C)C. The Morgan fingerprint density at radius 1 is 1.29 bits per heavy atom. The lowest BCUT2D eigenvalue weighted by Crippen LogP contribution is -2.24. The van der Waals surface area contributed by atoms with Crippen molar-refractivity contribution in [2.24, 2.45) is 0 Å². The molecule has 0 spiro atoms. The largest absolute Gasteiger partial charge is 0.348 e. The van der Waals surface area contributed by atoms with Crippen LogP contribution in [0.4, 0.5) is 4.39 Å². The molecule has 0 fully saturated rings.